The SMILES string of the molecule is N[C@@](CC1CCCC(C2C=CCCC2)C1)(C[C@H]1C=CC=C(c2cccc3c2C=CCC3)C1)C1CCCC(C2CC3C=CCCC3C3C=CCCC32)C1. The summed E-state index contributed by atoms with van der Waals surface area (Å²) in [5.74, 6) is 8.91. The summed E-state index contributed by atoms with van der Waals surface area (Å²) < 4.78 is 0. The van der Waals surface area contributed by atoms with E-state index in [2.05, 4.69) is 85.0 Å². The third-order valence-electron chi connectivity index (χ3n) is 16.4. The van der Waals surface area contributed by atoms with Crippen LogP contribution in [0.5, 0.6) is 0 Å². The van der Waals surface area contributed by atoms with E-state index in [0.717, 1.165) is 59.7 Å². The van der Waals surface area contributed by atoms with Gasteiger partial charge in [0.25, 0.3) is 0 Å². The van der Waals surface area contributed by atoms with Crippen molar-refractivity contribution in [2.24, 2.45) is 70.8 Å². The Kier molecular flexibility index (Phi) is 10.7. The van der Waals surface area contributed by atoms with Crippen molar-refractivity contribution in [3.63, 3.8) is 0 Å². The Morgan fingerprint density at radius 3 is 2.42 bits per heavy atom. The molecule has 8 aliphatic carbocycles. The highest BCUT2D eigenvalue weighted by Crippen LogP contribution is 2.56. The fraction of sp³-hybridized carbons (Fsp3) is 0.647. The number of fused-ring (bicyclic) bond motifs is 4. The van der Waals surface area contributed by atoms with Gasteiger partial charge in [-0.05, 0) is 197 Å². The molecular formula is C51H69N. The van der Waals surface area contributed by atoms with Gasteiger partial charge < -0.3 is 5.73 Å². The van der Waals surface area contributed by atoms with Crippen molar-refractivity contribution in [1.82, 2.24) is 0 Å². The third-order valence-corrected chi connectivity index (χ3v) is 16.4. The number of aryl methyl sites for hydroxylation is 1. The van der Waals surface area contributed by atoms with E-state index in [9.17, 15) is 0 Å². The maximum atomic E-state index is 8.18. The van der Waals surface area contributed by atoms with Gasteiger partial charge in [-0.2, -0.15) is 0 Å². The van der Waals surface area contributed by atoms with Gasteiger partial charge in [-0.15, -0.1) is 0 Å². The van der Waals surface area contributed by atoms with E-state index >= 15 is 0 Å². The molecule has 12 atom stereocenters. The highest BCUT2D eigenvalue weighted by molar-refractivity contribution is 5.78. The number of hydrogen-bond acceptors (Lipinski definition) is 1. The Bertz CT molecular complexity index is 1580. The van der Waals surface area contributed by atoms with Crippen molar-refractivity contribution < 1.29 is 0 Å². The first-order valence-corrected chi connectivity index (χ1v) is 22.6. The first-order chi connectivity index (χ1) is 25.6. The molecule has 1 heteroatoms. The topological polar surface area (TPSA) is 26.0 Å². The van der Waals surface area contributed by atoms with Gasteiger partial charge in [0.05, 0.1) is 0 Å². The minimum absolute atomic E-state index is 0.0745. The second-order valence-corrected chi connectivity index (χ2v) is 19.4. The number of allylic oxidation sites excluding steroid dienone is 11. The van der Waals surface area contributed by atoms with Crippen molar-refractivity contribution in [1.29, 1.82) is 0 Å². The molecule has 9 rings (SSSR count). The maximum absolute atomic E-state index is 8.18. The summed E-state index contributed by atoms with van der Waals surface area (Å²) in [7, 11) is 0. The van der Waals surface area contributed by atoms with Gasteiger partial charge in [0.1, 0.15) is 0 Å². The van der Waals surface area contributed by atoms with Crippen LogP contribution in [-0.2, 0) is 6.42 Å². The number of hydrogen-bond donors (Lipinski definition) is 1. The van der Waals surface area contributed by atoms with Gasteiger partial charge in [-0.25, -0.2) is 0 Å². The van der Waals surface area contributed by atoms with Gasteiger partial charge in [-0.1, -0.05) is 111 Å². The molecule has 10 unspecified atom stereocenters. The van der Waals surface area contributed by atoms with Gasteiger partial charge in [0.2, 0.25) is 0 Å². The second-order valence-electron chi connectivity index (χ2n) is 19.4. The third kappa shape index (κ3) is 7.36. The van der Waals surface area contributed by atoms with Crippen LogP contribution in [0.1, 0.15) is 145 Å². The highest BCUT2D eigenvalue weighted by atomic mass is 14.8. The lowest BCUT2D eigenvalue weighted by molar-refractivity contribution is 0.000539. The number of nitrogens with two attached hydrogens (primary N) is 1. The predicted molar refractivity (Wildman–Crippen MR) is 221 cm³/mol. The molecule has 0 aromatic heterocycles. The molecule has 1 nitrogen and oxygen atoms in total. The summed E-state index contributed by atoms with van der Waals surface area (Å²) in [4.78, 5) is 0. The van der Waals surface area contributed by atoms with Crippen molar-refractivity contribution in [3.8, 4) is 0 Å². The van der Waals surface area contributed by atoms with Crippen LogP contribution >= 0.6 is 0 Å². The first kappa shape index (κ1) is 35.3. The second kappa shape index (κ2) is 15.8. The Labute approximate surface area is 317 Å². The summed E-state index contributed by atoms with van der Waals surface area (Å²) in [5.41, 5.74) is 14.1. The van der Waals surface area contributed by atoms with E-state index in [1.54, 1.807) is 0 Å². The lowest BCUT2D eigenvalue weighted by atomic mass is 9.52. The summed E-state index contributed by atoms with van der Waals surface area (Å²) in [6.07, 6.45) is 56.0. The van der Waals surface area contributed by atoms with Gasteiger partial charge in [-0.3, -0.25) is 0 Å². The molecule has 52 heavy (non-hydrogen) atoms. The quantitative estimate of drug-likeness (QED) is 0.269. The molecule has 0 radical (unpaired) electrons. The molecule has 0 spiro atoms. The summed E-state index contributed by atoms with van der Waals surface area (Å²) in [5, 5.41) is 0. The van der Waals surface area contributed by atoms with E-state index in [-0.39, 0.29) is 5.54 Å². The van der Waals surface area contributed by atoms with Gasteiger partial charge >= 0.3 is 0 Å². The monoisotopic (exact) mass is 696 g/mol. The predicted octanol–water partition coefficient (Wildman–Crippen LogP) is 13.2. The van der Waals surface area contributed by atoms with Crippen LogP contribution < -0.4 is 5.73 Å². The van der Waals surface area contributed by atoms with Crippen LogP contribution in [0.3, 0.4) is 0 Å². The summed E-state index contributed by atoms with van der Waals surface area (Å²) in [6, 6.07) is 7.05. The van der Waals surface area contributed by atoms with Crippen LogP contribution in [0.2, 0.25) is 0 Å². The smallest absolute Gasteiger partial charge is 0.0191 e. The van der Waals surface area contributed by atoms with E-state index in [4.69, 9.17) is 5.73 Å². The molecule has 1 aromatic carbocycles. The average Bonchev–Trinajstić information content (AvgIpc) is 3.21. The molecule has 278 valence electrons. The molecule has 0 aliphatic heterocycles. The number of rotatable bonds is 8. The molecule has 1 aromatic rings. The Balaban J connectivity index is 0.969. The first-order valence-electron chi connectivity index (χ1n) is 22.6. The summed E-state index contributed by atoms with van der Waals surface area (Å²) >= 11 is 0. The minimum atomic E-state index is -0.0745. The maximum Gasteiger partial charge on any atom is 0.0191 e. The fourth-order valence-electron chi connectivity index (χ4n) is 14.1. The van der Waals surface area contributed by atoms with E-state index < -0.39 is 0 Å². The zero-order chi connectivity index (χ0) is 34.9. The van der Waals surface area contributed by atoms with E-state index in [1.165, 1.54) is 151 Å². The molecule has 0 amide bonds. The van der Waals surface area contributed by atoms with E-state index in [0.29, 0.717) is 11.8 Å². The summed E-state index contributed by atoms with van der Waals surface area (Å²) in [6.45, 7) is 0. The molecule has 2 N–H and O–H groups in total. The standard InChI is InChI=1S/C51H69N/c52-51(34-36-14-10-21-40(30-36)38-16-2-1-3-17-38,35-37-15-11-22-41(31-37)46-29-13-20-39-18-4-6-25-45(39)46)44-24-12-23-42(32-44)50-33-43-19-5-7-26-47(43)48-27-8-9-28-49(48)50/h2,5-6,8,11,13,15-16,19-20,22,25,27,29,36-38,40,42-44,47-50H,1,3-4,7,9-10,12,14,17-18,21,23-24,26,28,30-35,52H2/t36?,37-,38?,40?,42?,43?,44?,47?,48?,49?,50?,51-/m0/s1. The largest absolute Gasteiger partial charge is 0.325 e. The Morgan fingerprint density at radius 2 is 1.50 bits per heavy atom. The molecule has 0 saturated heterocycles. The van der Waals surface area contributed by atoms with Crippen LogP contribution in [0, 0.1) is 65.1 Å². The fourth-order valence-corrected chi connectivity index (χ4v) is 14.1. The number of benzene rings is 1. The van der Waals surface area contributed by atoms with Crippen LogP contribution in [0.15, 0.2) is 79.0 Å². The lowest BCUT2D eigenvalue weighted by Crippen LogP contribution is -2.53. The van der Waals surface area contributed by atoms with E-state index in [1.807, 2.05) is 0 Å². The normalized spacial score (nSPS) is 39.6. The average molecular weight is 696 g/mol. The van der Waals surface area contributed by atoms with Gasteiger partial charge in [0, 0.05) is 5.54 Å². The molecule has 0 bridgehead atoms. The molecule has 3 fully saturated rings. The molecule has 3 saturated carbocycles. The van der Waals surface area contributed by atoms with Crippen LogP contribution in [-0.4, -0.2) is 5.54 Å². The van der Waals surface area contributed by atoms with Crippen molar-refractivity contribution in [2.45, 2.75) is 140 Å². The molecular weight excluding hydrogens is 627 g/mol. The van der Waals surface area contributed by atoms with Gasteiger partial charge in [0.15, 0.2) is 0 Å². The van der Waals surface area contributed by atoms with Crippen molar-refractivity contribution in [3.05, 3.63) is 95.6 Å². The lowest BCUT2D eigenvalue weighted by Gasteiger charge is -2.53. The molecule has 8 aliphatic rings. The highest BCUT2D eigenvalue weighted by Gasteiger charge is 2.49. The zero-order valence-electron chi connectivity index (χ0n) is 32.4. The van der Waals surface area contributed by atoms with Crippen LogP contribution in [0.4, 0.5) is 0 Å². The Hall–Kier alpha value is -2.38. The Morgan fingerprint density at radius 1 is 0.654 bits per heavy atom. The zero-order valence-corrected chi connectivity index (χ0v) is 32.4. The van der Waals surface area contributed by atoms with Crippen molar-refractivity contribution in [2.75, 3.05) is 0 Å². The minimum Gasteiger partial charge on any atom is -0.325 e. The molecule has 0 heterocycles. The van der Waals surface area contributed by atoms with Crippen molar-refractivity contribution >= 4 is 11.6 Å². The van der Waals surface area contributed by atoms with Crippen LogP contribution in [0.25, 0.3) is 11.6 Å².